The van der Waals surface area contributed by atoms with Crippen molar-refractivity contribution in [1.29, 1.82) is 0 Å². The van der Waals surface area contributed by atoms with Crippen LogP contribution in [0.4, 0.5) is 10.1 Å². The Morgan fingerprint density at radius 3 is 2.50 bits per heavy atom. The van der Waals surface area contributed by atoms with Crippen molar-refractivity contribution in [2.75, 3.05) is 11.9 Å². The third kappa shape index (κ3) is 2.77. The average Bonchev–Trinajstić information content (AvgIpc) is 2.34. The number of hydrogen-bond donors (Lipinski definition) is 1. The Hall–Kier alpha value is -2.10. The number of nitrogens with zero attached hydrogens (tertiary/aromatic N) is 2. The van der Waals surface area contributed by atoms with Crippen molar-refractivity contribution in [3.63, 3.8) is 0 Å². The van der Waals surface area contributed by atoms with Crippen LogP contribution < -0.4 is 4.90 Å². The average molecular weight is 246 g/mol. The van der Waals surface area contributed by atoms with E-state index in [4.69, 9.17) is 0 Å². The highest BCUT2D eigenvalue weighted by molar-refractivity contribution is 5.46. The number of benzene rings is 1. The molecule has 0 amide bonds. The number of pyridine rings is 1. The van der Waals surface area contributed by atoms with Gasteiger partial charge in [-0.05, 0) is 43.3 Å². The number of rotatable bonds is 3. The molecule has 0 saturated carbocycles. The zero-order chi connectivity index (χ0) is 13.1. The van der Waals surface area contributed by atoms with E-state index < -0.39 is 0 Å². The molecule has 1 N–H and O–H groups in total. The van der Waals surface area contributed by atoms with Crippen molar-refractivity contribution in [3.8, 4) is 5.75 Å². The Kier molecular flexibility index (Phi) is 3.46. The quantitative estimate of drug-likeness (QED) is 0.904. The Labute approximate surface area is 106 Å². The molecule has 0 fully saturated rings. The number of halogens is 1. The van der Waals surface area contributed by atoms with Crippen LogP contribution >= 0.6 is 0 Å². The molecule has 2 rings (SSSR count). The van der Waals surface area contributed by atoms with Gasteiger partial charge in [0, 0.05) is 18.4 Å². The van der Waals surface area contributed by atoms with E-state index in [1.165, 1.54) is 12.1 Å². The molecule has 3 nitrogen and oxygen atoms in total. The molecule has 2 aromatic rings. The fraction of sp³-hybridized carbons (Fsp3) is 0.214. The molecule has 94 valence electrons. The van der Waals surface area contributed by atoms with E-state index in [0.29, 0.717) is 12.2 Å². The van der Waals surface area contributed by atoms with E-state index in [1.807, 2.05) is 18.9 Å². The summed E-state index contributed by atoms with van der Waals surface area (Å²) in [5, 5.41) is 9.73. The zero-order valence-corrected chi connectivity index (χ0v) is 10.4. The molecule has 0 aliphatic heterocycles. The molecule has 1 heterocycles. The highest BCUT2D eigenvalue weighted by Gasteiger charge is 2.08. The molecule has 0 bridgehead atoms. The van der Waals surface area contributed by atoms with E-state index in [2.05, 4.69) is 4.98 Å². The Morgan fingerprint density at radius 2 is 1.83 bits per heavy atom. The maximum Gasteiger partial charge on any atom is 0.138 e. The van der Waals surface area contributed by atoms with Gasteiger partial charge in [0.15, 0.2) is 0 Å². The number of anilines is 1. The second kappa shape index (κ2) is 5.04. The number of aromatic nitrogens is 1. The maximum absolute atomic E-state index is 12.8. The third-order valence-electron chi connectivity index (χ3n) is 2.74. The van der Waals surface area contributed by atoms with E-state index in [-0.39, 0.29) is 11.6 Å². The molecular formula is C14H15FN2O. The van der Waals surface area contributed by atoms with E-state index in [0.717, 1.165) is 11.4 Å². The van der Waals surface area contributed by atoms with Crippen LogP contribution in [0.2, 0.25) is 0 Å². The molecule has 0 radical (unpaired) electrons. The van der Waals surface area contributed by atoms with Crippen LogP contribution in [0, 0.1) is 12.7 Å². The lowest BCUT2D eigenvalue weighted by molar-refractivity contribution is 0.463. The first-order valence-electron chi connectivity index (χ1n) is 5.68. The molecular weight excluding hydrogens is 231 g/mol. The van der Waals surface area contributed by atoms with Gasteiger partial charge < -0.3 is 10.0 Å². The first kappa shape index (κ1) is 12.4. The van der Waals surface area contributed by atoms with Crippen molar-refractivity contribution in [2.45, 2.75) is 13.5 Å². The van der Waals surface area contributed by atoms with Gasteiger partial charge >= 0.3 is 0 Å². The molecule has 1 aromatic heterocycles. The van der Waals surface area contributed by atoms with Crippen LogP contribution in [0.1, 0.15) is 11.4 Å². The summed E-state index contributed by atoms with van der Waals surface area (Å²) in [6.07, 6.45) is 0. The van der Waals surface area contributed by atoms with Gasteiger partial charge in [0.1, 0.15) is 17.3 Å². The molecule has 0 spiro atoms. The SMILES string of the molecule is Cc1ccc(O)c(CN(C)c2ccc(F)cc2)n1. The van der Waals surface area contributed by atoms with E-state index >= 15 is 0 Å². The minimum Gasteiger partial charge on any atom is -0.506 e. The Bertz CT molecular complexity index is 540. The fourth-order valence-corrected chi connectivity index (χ4v) is 1.73. The first-order chi connectivity index (χ1) is 8.56. The van der Waals surface area contributed by atoms with Crippen LogP contribution in [0.3, 0.4) is 0 Å². The smallest absolute Gasteiger partial charge is 0.138 e. The highest BCUT2D eigenvalue weighted by Crippen LogP contribution is 2.20. The van der Waals surface area contributed by atoms with Crippen molar-refractivity contribution in [1.82, 2.24) is 4.98 Å². The molecule has 0 aliphatic rings. The number of hydrogen-bond acceptors (Lipinski definition) is 3. The van der Waals surface area contributed by atoms with Crippen molar-refractivity contribution in [3.05, 3.63) is 53.6 Å². The normalized spacial score (nSPS) is 10.4. The summed E-state index contributed by atoms with van der Waals surface area (Å²) in [6, 6.07) is 9.61. The predicted octanol–water partition coefficient (Wildman–Crippen LogP) is 2.87. The largest absolute Gasteiger partial charge is 0.506 e. The van der Waals surface area contributed by atoms with Gasteiger partial charge in [-0.1, -0.05) is 0 Å². The number of aryl methyl sites for hydroxylation is 1. The summed E-state index contributed by atoms with van der Waals surface area (Å²) in [5.74, 6) is -0.0850. The molecule has 0 aliphatic carbocycles. The van der Waals surface area contributed by atoms with Gasteiger partial charge in [-0.15, -0.1) is 0 Å². The lowest BCUT2D eigenvalue weighted by atomic mass is 10.2. The monoisotopic (exact) mass is 246 g/mol. The highest BCUT2D eigenvalue weighted by atomic mass is 19.1. The van der Waals surface area contributed by atoms with Crippen LogP contribution in [-0.4, -0.2) is 17.1 Å². The summed E-state index contributed by atoms with van der Waals surface area (Å²) >= 11 is 0. The minimum atomic E-state index is -0.260. The molecule has 0 saturated heterocycles. The number of aromatic hydroxyl groups is 1. The van der Waals surface area contributed by atoms with Crippen LogP contribution in [0.5, 0.6) is 5.75 Å². The molecule has 4 heteroatoms. The van der Waals surface area contributed by atoms with Crippen LogP contribution in [0.25, 0.3) is 0 Å². The molecule has 0 atom stereocenters. The van der Waals surface area contributed by atoms with Crippen molar-refractivity contribution >= 4 is 5.69 Å². The van der Waals surface area contributed by atoms with Crippen molar-refractivity contribution < 1.29 is 9.50 Å². The van der Waals surface area contributed by atoms with Crippen LogP contribution in [0.15, 0.2) is 36.4 Å². The Balaban J connectivity index is 2.18. The van der Waals surface area contributed by atoms with Gasteiger partial charge in [-0.2, -0.15) is 0 Å². The van der Waals surface area contributed by atoms with Crippen molar-refractivity contribution in [2.24, 2.45) is 0 Å². The van der Waals surface area contributed by atoms with E-state index in [9.17, 15) is 9.50 Å². The standard InChI is InChI=1S/C14H15FN2O/c1-10-3-8-14(18)13(16-10)9-17(2)12-6-4-11(15)5-7-12/h3-8,18H,9H2,1-2H3. The second-order valence-electron chi connectivity index (χ2n) is 4.25. The third-order valence-corrected chi connectivity index (χ3v) is 2.74. The summed E-state index contributed by atoms with van der Waals surface area (Å²) in [7, 11) is 1.87. The fourth-order valence-electron chi connectivity index (χ4n) is 1.73. The lowest BCUT2D eigenvalue weighted by Crippen LogP contribution is -2.17. The van der Waals surface area contributed by atoms with Gasteiger partial charge in [-0.3, -0.25) is 4.98 Å². The predicted molar refractivity (Wildman–Crippen MR) is 69.1 cm³/mol. The van der Waals surface area contributed by atoms with Gasteiger partial charge in [0.05, 0.1) is 6.54 Å². The molecule has 18 heavy (non-hydrogen) atoms. The summed E-state index contributed by atoms with van der Waals surface area (Å²) in [6.45, 7) is 2.35. The van der Waals surface area contributed by atoms with Gasteiger partial charge in [0.25, 0.3) is 0 Å². The topological polar surface area (TPSA) is 36.4 Å². The Morgan fingerprint density at radius 1 is 1.17 bits per heavy atom. The summed E-state index contributed by atoms with van der Waals surface area (Å²) in [5.41, 5.74) is 2.34. The van der Waals surface area contributed by atoms with Gasteiger partial charge in [0.2, 0.25) is 0 Å². The minimum absolute atomic E-state index is 0.176. The summed E-state index contributed by atoms with van der Waals surface area (Å²) < 4.78 is 12.8. The molecule has 1 aromatic carbocycles. The maximum atomic E-state index is 12.8. The van der Waals surface area contributed by atoms with Gasteiger partial charge in [-0.25, -0.2) is 4.39 Å². The lowest BCUT2D eigenvalue weighted by Gasteiger charge is -2.19. The zero-order valence-electron chi connectivity index (χ0n) is 10.4. The molecule has 0 unspecified atom stereocenters. The van der Waals surface area contributed by atoms with E-state index in [1.54, 1.807) is 24.3 Å². The summed E-state index contributed by atoms with van der Waals surface area (Å²) in [4.78, 5) is 6.19. The second-order valence-corrected chi connectivity index (χ2v) is 4.25. The first-order valence-corrected chi connectivity index (χ1v) is 5.68. The van der Waals surface area contributed by atoms with Crippen LogP contribution in [-0.2, 0) is 6.54 Å².